The first-order valence-electron chi connectivity index (χ1n) is 5.56. The van der Waals surface area contributed by atoms with Crippen molar-refractivity contribution in [3.63, 3.8) is 0 Å². The maximum Gasteiger partial charge on any atom is 0.0936 e. The summed E-state index contributed by atoms with van der Waals surface area (Å²) in [4.78, 5) is 2.33. The van der Waals surface area contributed by atoms with Crippen LogP contribution in [-0.4, -0.2) is 51.0 Å². The van der Waals surface area contributed by atoms with Crippen LogP contribution in [0.25, 0.3) is 0 Å². The van der Waals surface area contributed by atoms with Gasteiger partial charge in [-0.3, -0.25) is 0 Å². The summed E-state index contributed by atoms with van der Waals surface area (Å²) in [5, 5.41) is 0. The van der Waals surface area contributed by atoms with E-state index in [9.17, 15) is 0 Å². The Balaban J connectivity index is 2.09. The highest BCUT2D eigenvalue weighted by Crippen LogP contribution is 2.05. The number of likely N-dealkylation sites (N-methyl/N-ethyl adjacent to an activating group) is 1. The molecule has 0 aromatic carbocycles. The lowest BCUT2D eigenvalue weighted by Gasteiger charge is -2.27. The predicted molar refractivity (Wildman–Crippen MR) is 57.5 cm³/mol. The van der Waals surface area contributed by atoms with Gasteiger partial charge in [-0.15, -0.1) is 0 Å². The van der Waals surface area contributed by atoms with Crippen LogP contribution in [0, 0.1) is 5.92 Å². The minimum absolute atomic E-state index is 0.279. The first-order chi connectivity index (χ1) is 6.68. The van der Waals surface area contributed by atoms with Crippen molar-refractivity contribution in [2.45, 2.75) is 26.4 Å². The summed E-state index contributed by atoms with van der Waals surface area (Å²) >= 11 is 0. The molecule has 1 atom stereocenters. The molecule has 0 saturated carbocycles. The molecule has 0 spiro atoms. The third-order valence-electron chi connectivity index (χ3n) is 2.49. The largest absolute Gasteiger partial charge is 0.376 e. The van der Waals surface area contributed by atoms with Gasteiger partial charge in [-0.2, -0.15) is 0 Å². The summed E-state index contributed by atoms with van der Waals surface area (Å²) < 4.78 is 10.9. The van der Waals surface area contributed by atoms with Crippen molar-refractivity contribution in [1.82, 2.24) is 4.90 Å². The van der Waals surface area contributed by atoms with E-state index in [4.69, 9.17) is 9.47 Å². The molecule has 3 nitrogen and oxygen atoms in total. The maximum atomic E-state index is 5.59. The summed E-state index contributed by atoms with van der Waals surface area (Å²) in [6, 6.07) is 0. The van der Waals surface area contributed by atoms with Crippen molar-refractivity contribution in [3.05, 3.63) is 0 Å². The SMILES string of the molecule is CC(C)CCN(C)CC1COCCO1. The van der Waals surface area contributed by atoms with E-state index in [0.717, 1.165) is 38.8 Å². The Labute approximate surface area is 87.4 Å². The van der Waals surface area contributed by atoms with Crippen molar-refractivity contribution in [3.8, 4) is 0 Å². The summed E-state index contributed by atoms with van der Waals surface area (Å²) in [5.74, 6) is 0.779. The Morgan fingerprint density at radius 3 is 2.71 bits per heavy atom. The van der Waals surface area contributed by atoms with Gasteiger partial charge in [-0.05, 0) is 25.9 Å². The summed E-state index contributed by atoms with van der Waals surface area (Å²) in [7, 11) is 2.15. The molecule has 1 fully saturated rings. The molecule has 0 aliphatic carbocycles. The average Bonchev–Trinajstić information content (AvgIpc) is 2.16. The van der Waals surface area contributed by atoms with E-state index in [1.54, 1.807) is 0 Å². The van der Waals surface area contributed by atoms with Crippen molar-refractivity contribution in [2.24, 2.45) is 5.92 Å². The van der Waals surface area contributed by atoms with Crippen molar-refractivity contribution < 1.29 is 9.47 Å². The van der Waals surface area contributed by atoms with Gasteiger partial charge in [0.25, 0.3) is 0 Å². The summed E-state index contributed by atoms with van der Waals surface area (Å²) in [5.41, 5.74) is 0. The Morgan fingerprint density at radius 2 is 2.14 bits per heavy atom. The lowest BCUT2D eigenvalue weighted by molar-refractivity contribution is -0.0958. The van der Waals surface area contributed by atoms with Gasteiger partial charge in [0, 0.05) is 6.54 Å². The van der Waals surface area contributed by atoms with E-state index in [0.29, 0.717) is 0 Å². The summed E-state index contributed by atoms with van der Waals surface area (Å²) in [6.45, 7) is 8.92. The molecule has 1 rings (SSSR count). The van der Waals surface area contributed by atoms with Gasteiger partial charge >= 0.3 is 0 Å². The number of rotatable bonds is 5. The molecule has 0 N–H and O–H groups in total. The fraction of sp³-hybridized carbons (Fsp3) is 1.00. The molecule has 1 heterocycles. The van der Waals surface area contributed by atoms with Crippen LogP contribution >= 0.6 is 0 Å². The molecule has 0 radical (unpaired) electrons. The lowest BCUT2D eigenvalue weighted by Crippen LogP contribution is -2.38. The lowest BCUT2D eigenvalue weighted by atomic mass is 10.1. The Kier molecular flexibility index (Phi) is 5.45. The van der Waals surface area contributed by atoms with Crippen LogP contribution in [0.2, 0.25) is 0 Å². The molecule has 14 heavy (non-hydrogen) atoms. The van der Waals surface area contributed by atoms with Crippen LogP contribution in [-0.2, 0) is 9.47 Å². The smallest absolute Gasteiger partial charge is 0.0936 e. The monoisotopic (exact) mass is 201 g/mol. The molecule has 0 amide bonds. The average molecular weight is 201 g/mol. The Hall–Kier alpha value is -0.120. The van der Waals surface area contributed by atoms with Crippen molar-refractivity contribution in [1.29, 1.82) is 0 Å². The van der Waals surface area contributed by atoms with Crippen LogP contribution in [0.4, 0.5) is 0 Å². The molecule has 1 saturated heterocycles. The third-order valence-corrected chi connectivity index (χ3v) is 2.49. The van der Waals surface area contributed by atoms with Gasteiger partial charge in [-0.25, -0.2) is 0 Å². The van der Waals surface area contributed by atoms with Crippen molar-refractivity contribution >= 4 is 0 Å². The summed E-state index contributed by atoms with van der Waals surface area (Å²) in [6.07, 6.45) is 1.53. The van der Waals surface area contributed by atoms with Gasteiger partial charge in [0.2, 0.25) is 0 Å². The quantitative estimate of drug-likeness (QED) is 0.671. The number of nitrogens with zero attached hydrogens (tertiary/aromatic N) is 1. The molecule has 0 aromatic rings. The van der Waals surface area contributed by atoms with E-state index in [2.05, 4.69) is 25.8 Å². The third kappa shape index (κ3) is 4.94. The number of hydrogen-bond acceptors (Lipinski definition) is 3. The molecular weight excluding hydrogens is 178 g/mol. The van der Waals surface area contributed by atoms with Gasteiger partial charge in [-0.1, -0.05) is 13.8 Å². The zero-order valence-corrected chi connectivity index (χ0v) is 9.66. The van der Waals surface area contributed by atoms with E-state index in [1.807, 2.05) is 0 Å². The molecule has 0 aromatic heterocycles. The number of ether oxygens (including phenoxy) is 2. The molecule has 3 heteroatoms. The van der Waals surface area contributed by atoms with Gasteiger partial charge in [0.1, 0.15) is 0 Å². The zero-order chi connectivity index (χ0) is 10.4. The van der Waals surface area contributed by atoms with Crippen LogP contribution < -0.4 is 0 Å². The van der Waals surface area contributed by atoms with E-state index in [-0.39, 0.29) is 6.10 Å². The van der Waals surface area contributed by atoms with Crippen LogP contribution in [0.1, 0.15) is 20.3 Å². The highest BCUT2D eigenvalue weighted by atomic mass is 16.6. The van der Waals surface area contributed by atoms with E-state index < -0.39 is 0 Å². The molecular formula is C11H23NO2. The predicted octanol–water partition coefficient (Wildman–Crippen LogP) is 1.38. The van der Waals surface area contributed by atoms with Gasteiger partial charge in [0.15, 0.2) is 0 Å². The van der Waals surface area contributed by atoms with E-state index >= 15 is 0 Å². The van der Waals surface area contributed by atoms with Gasteiger partial charge in [0.05, 0.1) is 25.9 Å². The zero-order valence-electron chi connectivity index (χ0n) is 9.66. The highest BCUT2D eigenvalue weighted by Gasteiger charge is 2.16. The first-order valence-corrected chi connectivity index (χ1v) is 5.56. The second kappa shape index (κ2) is 6.38. The fourth-order valence-electron chi connectivity index (χ4n) is 1.56. The molecule has 1 aliphatic rings. The number of hydrogen-bond donors (Lipinski definition) is 0. The minimum Gasteiger partial charge on any atom is -0.376 e. The standard InChI is InChI=1S/C11H23NO2/c1-10(2)4-5-12(3)8-11-9-13-6-7-14-11/h10-11H,4-9H2,1-3H3. The minimum atomic E-state index is 0.279. The Bertz CT molecular complexity index is 144. The topological polar surface area (TPSA) is 21.7 Å². The van der Waals surface area contributed by atoms with Crippen molar-refractivity contribution in [2.75, 3.05) is 40.0 Å². The Morgan fingerprint density at radius 1 is 1.36 bits per heavy atom. The molecule has 1 aliphatic heterocycles. The van der Waals surface area contributed by atoms with Crippen LogP contribution in [0.15, 0.2) is 0 Å². The van der Waals surface area contributed by atoms with E-state index in [1.165, 1.54) is 6.42 Å². The normalized spacial score (nSPS) is 23.4. The fourth-order valence-corrected chi connectivity index (χ4v) is 1.56. The van der Waals surface area contributed by atoms with Crippen LogP contribution in [0.5, 0.6) is 0 Å². The molecule has 1 unspecified atom stereocenters. The molecule has 0 bridgehead atoms. The highest BCUT2D eigenvalue weighted by molar-refractivity contribution is 4.66. The first kappa shape index (κ1) is 12.0. The maximum absolute atomic E-state index is 5.59. The van der Waals surface area contributed by atoms with Gasteiger partial charge < -0.3 is 14.4 Å². The molecule has 84 valence electrons. The van der Waals surface area contributed by atoms with Crippen LogP contribution in [0.3, 0.4) is 0 Å². The second-order valence-corrected chi connectivity index (χ2v) is 4.51. The second-order valence-electron chi connectivity index (χ2n) is 4.51.